The topological polar surface area (TPSA) is 82.4 Å². The van der Waals surface area contributed by atoms with Crippen LogP contribution in [0.4, 0.5) is 5.69 Å². The van der Waals surface area contributed by atoms with Gasteiger partial charge in [-0.3, -0.25) is 4.79 Å². The first-order chi connectivity index (χ1) is 13.1. The van der Waals surface area contributed by atoms with E-state index in [1.807, 2.05) is 6.07 Å². The SMILES string of the molecule is CCN(CC)CCOC(=O)c1ccc(NC(=O)c2cccc(C#N)c2)cc1. The van der Waals surface area contributed by atoms with Crippen molar-refractivity contribution in [3.05, 3.63) is 65.2 Å². The van der Waals surface area contributed by atoms with Crippen molar-refractivity contribution >= 4 is 17.6 Å². The average Bonchev–Trinajstić information content (AvgIpc) is 2.71. The third-order valence-electron chi connectivity index (χ3n) is 4.17. The van der Waals surface area contributed by atoms with Crippen molar-refractivity contribution in [2.45, 2.75) is 13.8 Å². The molecule has 0 heterocycles. The second-order valence-corrected chi connectivity index (χ2v) is 5.89. The molecule has 1 amide bonds. The number of hydrogen-bond acceptors (Lipinski definition) is 5. The fourth-order valence-corrected chi connectivity index (χ4v) is 2.51. The highest BCUT2D eigenvalue weighted by Crippen LogP contribution is 2.13. The number of rotatable bonds is 8. The summed E-state index contributed by atoms with van der Waals surface area (Å²) in [5.74, 6) is -0.705. The van der Waals surface area contributed by atoms with Gasteiger partial charge in [-0.1, -0.05) is 19.9 Å². The van der Waals surface area contributed by atoms with Gasteiger partial charge in [0.05, 0.1) is 17.2 Å². The summed E-state index contributed by atoms with van der Waals surface area (Å²) in [6.07, 6.45) is 0. The number of hydrogen-bond donors (Lipinski definition) is 1. The van der Waals surface area contributed by atoms with Crippen molar-refractivity contribution in [1.82, 2.24) is 4.90 Å². The van der Waals surface area contributed by atoms with Gasteiger partial charge in [-0.25, -0.2) is 4.79 Å². The summed E-state index contributed by atoms with van der Waals surface area (Å²) in [7, 11) is 0. The first-order valence-corrected chi connectivity index (χ1v) is 8.88. The summed E-state index contributed by atoms with van der Waals surface area (Å²) in [5.41, 5.74) is 1.81. The summed E-state index contributed by atoms with van der Waals surface area (Å²) in [4.78, 5) is 26.5. The molecule has 0 radical (unpaired) electrons. The van der Waals surface area contributed by atoms with Crippen molar-refractivity contribution < 1.29 is 14.3 Å². The minimum absolute atomic E-state index is 0.318. The molecule has 0 bridgehead atoms. The molecule has 2 aromatic rings. The second kappa shape index (κ2) is 10.1. The predicted molar refractivity (Wildman–Crippen MR) is 104 cm³/mol. The molecule has 0 aliphatic carbocycles. The van der Waals surface area contributed by atoms with E-state index in [1.54, 1.807) is 42.5 Å². The maximum Gasteiger partial charge on any atom is 0.338 e. The monoisotopic (exact) mass is 365 g/mol. The number of nitrogens with one attached hydrogen (secondary N) is 1. The minimum atomic E-state index is -0.387. The molecule has 6 nitrogen and oxygen atoms in total. The van der Waals surface area contributed by atoms with E-state index < -0.39 is 0 Å². The van der Waals surface area contributed by atoms with Crippen LogP contribution in [0.1, 0.15) is 40.1 Å². The number of esters is 1. The normalized spacial score (nSPS) is 10.3. The largest absolute Gasteiger partial charge is 0.461 e. The Kier molecular flexibility index (Phi) is 7.53. The molecule has 0 unspecified atom stereocenters. The van der Waals surface area contributed by atoms with Gasteiger partial charge in [0.1, 0.15) is 6.61 Å². The fraction of sp³-hybridized carbons (Fsp3) is 0.286. The third kappa shape index (κ3) is 5.94. The minimum Gasteiger partial charge on any atom is -0.461 e. The van der Waals surface area contributed by atoms with Gasteiger partial charge in [-0.15, -0.1) is 0 Å². The van der Waals surface area contributed by atoms with Crippen LogP contribution < -0.4 is 5.32 Å². The lowest BCUT2D eigenvalue weighted by Gasteiger charge is -2.17. The van der Waals surface area contributed by atoms with Crippen LogP contribution in [0.2, 0.25) is 0 Å². The number of nitrogens with zero attached hydrogens (tertiary/aromatic N) is 2. The van der Waals surface area contributed by atoms with Crippen molar-refractivity contribution in [3.63, 3.8) is 0 Å². The Morgan fingerprint density at radius 3 is 2.41 bits per heavy atom. The number of amides is 1. The summed E-state index contributed by atoms with van der Waals surface area (Å²) in [5, 5.41) is 11.6. The van der Waals surface area contributed by atoms with Crippen molar-refractivity contribution in [1.29, 1.82) is 5.26 Å². The van der Waals surface area contributed by atoms with Crippen LogP contribution >= 0.6 is 0 Å². The number of benzene rings is 2. The van der Waals surface area contributed by atoms with Gasteiger partial charge < -0.3 is 15.0 Å². The summed E-state index contributed by atoms with van der Waals surface area (Å²) in [6.45, 7) is 7.01. The van der Waals surface area contributed by atoms with Crippen LogP contribution in [-0.2, 0) is 4.74 Å². The fourth-order valence-electron chi connectivity index (χ4n) is 2.51. The lowest BCUT2D eigenvalue weighted by Crippen LogP contribution is -2.27. The number of carbonyl (C=O) groups excluding carboxylic acids is 2. The molecule has 2 rings (SSSR count). The van der Waals surface area contributed by atoms with Gasteiger partial charge in [-0.05, 0) is 55.6 Å². The molecule has 0 atom stereocenters. The highest BCUT2D eigenvalue weighted by molar-refractivity contribution is 6.04. The van der Waals surface area contributed by atoms with E-state index in [0.29, 0.717) is 35.5 Å². The molecular weight excluding hydrogens is 342 g/mol. The quantitative estimate of drug-likeness (QED) is 0.726. The van der Waals surface area contributed by atoms with Gasteiger partial charge in [0, 0.05) is 17.8 Å². The number of anilines is 1. The molecule has 0 spiro atoms. The van der Waals surface area contributed by atoms with E-state index in [-0.39, 0.29) is 11.9 Å². The average molecular weight is 365 g/mol. The molecule has 0 saturated heterocycles. The molecule has 2 aromatic carbocycles. The van der Waals surface area contributed by atoms with Crippen molar-refractivity contribution in [3.8, 4) is 6.07 Å². The zero-order chi connectivity index (χ0) is 19.6. The van der Waals surface area contributed by atoms with Crippen LogP contribution in [-0.4, -0.2) is 43.0 Å². The third-order valence-corrected chi connectivity index (χ3v) is 4.17. The van der Waals surface area contributed by atoms with Gasteiger partial charge in [0.2, 0.25) is 0 Å². The Morgan fingerprint density at radius 2 is 1.78 bits per heavy atom. The summed E-state index contributed by atoms with van der Waals surface area (Å²) < 4.78 is 5.28. The second-order valence-electron chi connectivity index (χ2n) is 5.89. The van der Waals surface area contributed by atoms with E-state index in [9.17, 15) is 9.59 Å². The first kappa shape index (κ1) is 20.1. The molecule has 27 heavy (non-hydrogen) atoms. The molecule has 1 N–H and O–H groups in total. The highest BCUT2D eigenvalue weighted by atomic mass is 16.5. The zero-order valence-electron chi connectivity index (χ0n) is 15.6. The maximum absolute atomic E-state index is 12.2. The standard InChI is InChI=1S/C21H23N3O3/c1-3-24(4-2)12-13-27-21(26)17-8-10-19(11-9-17)23-20(25)18-7-5-6-16(14-18)15-22/h5-11,14H,3-4,12-13H2,1-2H3,(H,23,25). The van der Waals surface area contributed by atoms with Crippen LogP contribution in [0, 0.1) is 11.3 Å². The molecule has 6 heteroatoms. The van der Waals surface area contributed by atoms with Crippen molar-refractivity contribution in [2.24, 2.45) is 0 Å². The Morgan fingerprint density at radius 1 is 1.07 bits per heavy atom. The van der Waals surface area contributed by atoms with E-state index in [2.05, 4.69) is 24.1 Å². The van der Waals surface area contributed by atoms with Crippen LogP contribution in [0.15, 0.2) is 48.5 Å². The Hall–Kier alpha value is -3.17. The highest BCUT2D eigenvalue weighted by Gasteiger charge is 2.10. The lowest BCUT2D eigenvalue weighted by molar-refractivity contribution is 0.0466. The molecule has 0 aromatic heterocycles. The number of likely N-dealkylation sites (N-methyl/N-ethyl adjacent to an activating group) is 1. The summed E-state index contributed by atoms with van der Waals surface area (Å²) in [6, 6.07) is 15.0. The van der Waals surface area contributed by atoms with Crippen LogP contribution in [0.5, 0.6) is 0 Å². The van der Waals surface area contributed by atoms with Crippen LogP contribution in [0.3, 0.4) is 0 Å². The molecular formula is C21H23N3O3. The molecule has 0 aliphatic heterocycles. The van der Waals surface area contributed by atoms with Crippen molar-refractivity contribution in [2.75, 3.05) is 31.6 Å². The summed E-state index contributed by atoms with van der Waals surface area (Å²) >= 11 is 0. The van der Waals surface area contributed by atoms with Gasteiger partial charge in [-0.2, -0.15) is 5.26 Å². The smallest absolute Gasteiger partial charge is 0.338 e. The molecule has 0 aliphatic rings. The van der Waals surface area contributed by atoms with E-state index in [0.717, 1.165) is 13.1 Å². The zero-order valence-corrected chi connectivity index (χ0v) is 15.6. The van der Waals surface area contributed by atoms with Crippen LogP contribution in [0.25, 0.3) is 0 Å². The maximum atomic E-state index is 12.2. The molecule has 0 saturated carbocycles. The molecule has 0 fully saturated rings. The Labute approximate surface area is 159 Å². The van der Waals surface area contributed by atoms with E-state index in [4.69, 9.17) is 10.00 Å². The Balaban J connectivity index is 1.91. The van der Waals surface area contributed by atoms with Gasteiger partial charge in [0.15, 0.2) is 0 Å². The molecule has 140 valence electrons. The number of carbonyl (C=O) groups is 2. The predicted octanol–water partition coefficient (Wildman–Crippen LogP) is 3.31. The number of ether oxygens (including phenoxy) is 1. The number of nitriles is 1. The first-order valence-electron chi connectivity index (χ1n) is 8.88. The van der Waals surface area contributed by atoms with Gasteiger partial charge >= 0.3 is 5.97 Å². The Bertz CT molecular complexity index is 821. The van der Waals surface area contributed by atoms with Gasteiger partial charge in [0.25, 0.3) is 5.91 Å². The van der Waals surface area contributed by atoms with E-state index in [1.165, 1.54) is 6.07 Å². The van der Waals surface area contributed by atoms with E-state index >= 15 is 0 Å². The lowest BCUT2D eigenvalue weighted by atomic mass is 10.1.